The molecule has 0 atom stereocenters. The van der Waals surface area contributed by atoms with E-state index in [9.17, 15) is 19.8 Å². The van der Waals surface area contributed by atoms with Gasteiger partial charge in [0.2, 0.25) is 0 Å². The number of hydrogen-bond acceptors (Lipinski definition) is 5. The van der Waals surface area contributed by atoms with Crippen LogP contribution in [0.1, 0.15) is 0 Å². The molecule has 0 bridgehead atoms. The first-order chi connectivity index (χ1) is 6.69. The number of halogens is 1. The van der Waals surface area contributed by atoms with E-state index in [0.29, 0.717) is 12.2 Å². The van der Waals surface area contributed by atoms with Crippen LogP contribution in [0.15, 0.2) is 12.2 Å². The zero-order chi connectivity index (χ0) is 12.5. The molecule has 0 aliphatic rings. The first-order valence-electron chi connectivity index (χ1n) is 4.20. The van der Waals surface area contributed by atoms with Crippen molar-refractivity contribution in [2.24, 2.45) is 0 Å². The summed E-state index contributed by atoms with van der Waals surface area (Å²) in [6.45, 7) is 1.11. The van der Waals surface area contributed by atoms with Crippen LogP contribution in [0.4, 0.5) is 0 Å². The number of hydrogen-bond donors (Lipinski definition) is 1. The SMILES string of the molecule is C[N+](C)(C)CCO.O=C([O-])/C=C\C(=O)[O-].[I-]. The molecule has 6 nitrogen and oxygen atoms in total. The van der Waals surface area contributed by atoms with Crippen LogP contribution in [-0.2, 0) is 9.59 Å². The summed E-state index contributed by atoms with van der Waals surface area (Å²) >= 11 is 0. The lowest BCUT2D eigenvalue weighted by atomic mass is 10.5. The third-order valence-corrected chi connectivity index (χ3v) is 1.13. The van der Waals surface area contributed by atoms with E-state index < -0.39 is 11.9 Å². The largest absolute Gasteiger partial charge is 1.00 e. The Labute approximate surface area is 112 Å². The number of rotatable bonds is 4. The lowest BCUT2D eigenvalue weighted by Gasteiger charge is -2.21. The van der Waals surface area contributed by atoms with Crippen LogP contribution < -0.4 is 34.2 Å². The Morgan fingerprint density at radius 2 is 1.44 bits per heavy atom. The van der Waals surface area contributed by atoms with Crippen LogP contribution in [-0.4, -0.2) is 55.8 Å². The molecule has 0 spiro atoms. The maximum absolute atomic E-state index is 9.41. The second kappa shape index (κ2) is 10.8. The summed E-state index contributed by atoms with van der Waals surface area (Å²) < 4.78 is 0.844. The van der Waals surface area contributed by atoms with Crippen LogP contribution in [0.2, 0.25) is 0 Å². The number of aliphatic carboxylic acids is 2. The van der Waals surface area contributed by atoms with Gasteiger partial charge in [0.15, 0.2) is 0 Å². The van der Waals surface area contributed by atoms with E-state index in [1.54, 1.807) is 0 Å². The van der Waals surface area contributed by atoms with E-state index in [4.69, 9.17) is 5.11 Å². The number of carbonyl (C=O) groups is 2. The van der Waals surface area contributed by atoms with E-state index in [0.717, 1.165) is 11.0 Å². The molecular weight excluding hydrogens is 329 g/mol. The molecule has 0 aliphatic heterocycles. The second-order valence-electron chi connectivity index (χ2n) is 3.71. The maximum atomic E-state index is 9.41. The zero-order valence-corrected chi connectivity index (χ0v) is 11.6. The summed E-state index contributed by atoms with van der Waals surface area (Å²) in [5, 5.41) is 27.2. The predicted molar refractivity (Wildman–Crippen MR) is 49.1 cm³/mol. The topological polar surface area (TPSA) is 100 Å². The molecule has 1 N–H and O–H groups in total. The molecule has 0 amide bonds. The molecule has 0 aliphatic carbocycles. The van der Waals surface area contributed by atoms with Crippen LogP contribution in [0.25, 0.3) is 0 Å². The zero-order valence-electron chi connectivity index (χ0n) is 9.47. The van der Waals surface area contributed by atoms with Crippen molar-refractivity contribution in [2.75, 3.05) is 34.3 Å². The third kappa shape index (κ3) is 29.2. The number of carboxylic acids is 2. The highest BCUT2D eigenvalue weighted by molar-refractivity contribution is 5.87. The highest BCUT2D eigenvalue weighted by Gasteiger charge is 2.02. The summed E-state index contributed by atoms with van der Waals surface area (Å²) in [6.07, 6.45) is 0.769. The van der Waals surface area contributed by atoms with Crippen molar-refractivity contribution in [3.8, 4) is 0 Å². The van der Waals surface area contributed by atoms with Gasteiger partial charge < -0.3 is 53.4 Å². The Bertz CT molecular complexity index is 219. The van der Waals surface area contributed by atoms with Crippen LogP contribution in [0, 0.1) is 0 Å². The van der Waals surface area contributed by atoms with Crippen molar-refractivity contribution in [3.63, 3.8) is 0 Å². The number of likely N-dealkylation sites (N-methyl/N-ethyl adjacent to an activating group) is 1. The van der Waals surface area contributed by atoms with E-state index >= 15 is 0 Å². The molecule has 0 radical (unpaired) electrons. The fraction of sp³-hybridized carbons (Fsp3) is 0.556. The van der Waals surface area contributed by atoms with Crippen molar-refractivity contribution in [1.29, 1.82) is 0 Å². The quantitative estimate of drug-likeness (QED) is 0.310. The van der Waals surface area contributed by atoms with Gasteiger partial charge in [-0.2, -0.15) is 0 Å². The average molecular weight is 345 g/mol. The summed E-state index contributed by atoms with van der Waals surface area (Å²) in [7, 11) is 6.16. The van der Waals surface area contributed by atoms with Gasteiger partial charge in [0.25, 0.3) is 0 Å². The van der Waals surface area contributed by atoms with E-state index in [1.807, 2.05) is 0 Å². The molecule has 16 heavy (non-hydrogen) atoms. The Balaban J connectivity index is -0.000000200. The highest BCUT2D eigenvalue weighted by Crippen LogP contribution is 1.84. The molecule has 96 valence electrons. The Morgan fingerprint density at radius 1 is 1.12 bits per heavy atom. The van der Waals surface area contributed by atoms with Crippen molar-refractivity contribution >= 4 is 11.9 Å². The summed E-state index contributed by atoms with van der Waals surface area (Å²) in [5.74, 6) is -3.09. The van der Waals surface area contributed by atoms with Crippen molar-refractivity contribution in [1.82, 2.24) is 0 Å². The molecule has 0 aromatic rings. The van der Waals surface area contributed by atoms with Gasteiger partial charge in [-0.05, 0) is 12.2 Å². The van der Waals surface area contributed by atoms with Crippen LogP contribution in [0.3, 0.4) is 0 Å². The predicted octanol–water partition coefficient (Wildman–Crippen LogP) is -6.27. The molecule has 0 heterocycles. The van der Waals surface area contributed by atoms with Gasteiger partial charge in [-0.25, -0.2) is 0 Å². The van der Waals surface area contributed by atoms with Gasteiger partial charge in [0, 0.05) is 0 Å². The maximum Gasteiger partial charge on any atom is 0.101 e. The first-order valence-corrected chi connectivity index (χ1v) is 4.20. The minimum atomic E-state index is -1.55. The Morgan fingerprint density at radius 3 is 1.50 bits per heavy atom. The summed E-state index contributed by atoms with van der Waals surface area (Å²) in [6, 6.07) is 0. The molecule has 0 fully saturated rings. The minimum absolute atomic E-state index is 0. The van der Waals surface area contributed by atoms with Crippen molar-refractivity contribution in [3.05, 3.63) is 12.2 Å². The van der Waals surface area contributed by atoms with E-state index in [-0.39, 0.29) is 30.6 Å². The molecular formula is C9H16INO5-2. The molecule has 0 saturated heterocycles. The lowest BCUT2D eigenvalue weighted by Crippen LogP contribution is -3.00. The minimum Gasteiger partial charge on any atom is -1.00 e. The van der Waals surface area contributed by atoms with E-state index in [1.165, 1.54) is 0 Å². The van der Waals surface area contributed by atoms with Crippen LogP contribution in [0.5, 0.6) is 0 Å². The smallest absolute Gasteiger partial charge is 0.101 e. The fourth-order valence-electron chi connectivity index (χ4n) is 0.436. The number of aliphatic hydroxyl groups is 1. The number of carboxylic acid groups (broad SMARTS) is 2. The van der Waals surface area contributed by atoms with Gasteiger partial charge in [0.05, 0.1) is 39.7 Å². The lowest BCUT2D eigenvalue weighted by molar-refractivity contribution is -0.870. The van der Waals surface area contributed by atoms with Gasteiger partial charge >= 0.3 is 0 Å². The molecule has 0 saturated carbocycles. The third-order valence-electron chi connectivity index (χ3n) is 1.13. The summed E-state index contributed by atoms with van der Waals surface area (Å²) in [4.78, 5) is 18.8. The average Bonchev–Trinajstić information content (AvgIpc) is 1.99. The van der Waals surface area contributed by atoms with Gasteiger partial charge in [-0.3, -0.25) is 0 Å². The molecule has 7 heteroatoms. The molecule has 0 aromatic heterocycles. The fourth-order valence-corrected chi connectivity index (χ4v) is 0.436. The van der Waals surface area contributed by atoms with Gasteiger partial charge in [0.1, 0.15) is 6.54 Å². The second-order valence-corrected chi connectivity index (χ2v) is 3.71. The first kappa shape index (κ1) is 20.7. The van der Waals surface area contributed by atoms with E-state index in [2.05, 4.69) is 21.1 Å². The highest BCUT2D eigenvalue weighted by atomic mass is 127. The number of nitrogens with zero attached hydrogens (tertiary/aromatic N) is 1. The number of quaternary nitrogens is 1. The Hall–Kier alpha value is -0.670. The normalized spacial score (nSPS) is 10.0. The molecule has 0 rings (SSSR count). The Kier molecular flexibility index (Phi) is 14.0. The van der Waals surface area contributed by atoms with Crippen molar-refractivity contribution < 1.29 is 53.4 Å². The number of carbonyl (C=O) groups excluding carboxylic acids is 2. The molecule has 0 unspecified atom stereocenters. The number of aliphatic hydroxyl groups excluding tert-OH is 1. The molecule has 0 aromatic carbocycles. The monoisotopic (exact) mass is 345 g/mol. The van der Waals surface area contributed by atoms with Crippen LogP contribution >= 0.6 is 0 Å². The van der Waals surface area contributed by atoms with Gasteiger partial charge in [-0.15, -0.1) is 0 Å². The summed E-state index contributed by atoms with van der Waals surface area (Å²) in [5.41, 5.74) is 0. The standard InChI is InChI=1S/C5H14NO.C4H4O4.HI/c1-6(2,3)4-5-7;5-3(6)1-2-4(7)8;/h7H,4-5H2,1-3H3;1-2H,(H,5,6)(H,7,8);1H/q+1;;/p-3/b;2-1-;. The van der Waals surface area contributed by atoms with Gasteiger partial charge in [-0.1, -0.05) is 0 Å². The van der Waals surface area contributed by atoms with Crippen molar-refractivity contribution in [2.45, 2.75) is 0 Å².